The van der Waals surface area contributed by atoms with E-state index in [9.17, 15) is 8.42 Å². The molecular formula is C18H16NaO2PS. The molecule has 0 saturated carbocycles. The van der Waals surface area contributed by atoms with Crippen molar-refractivity contribution in [2.45, 2.75) is 4.90 Å². The van der Waals surface area contributed by atoms with Crippen molar-refractivity contribution in [3.8, 4) is 0 Å². The molecule has 0 aliphatic heterocycles. The number of hydrogen-bond acceptors (Lipinski definition) is 2. The fourth-order valence-electron chi connectivity index (χ4n) is 2.35. The molecule has 3 aromatic carbocycles. The van der Waals surface area contributed by atoms with Crippen LogP contribution in [0.3, 0.4) is 0 Å². The summed E-state index contributed by atoms with van der Waals surface area (Å²) in [6.07, 6.45) is 0. The predicted octanol–water partition coefficient (Wildman–Crippen LogP) is 1.77. The van der Waals surface area contributed by atoms with Crippen molar-refractivity contribution in [1.29, 1.82) is 0 Å². The summed E-state index contributed by atoms with van der Waals surface area (Å²) in [6.45, 7) is 0. The van der Waals surface area contributed by atoms with E-state index in [0.29, 0.717) is 4.90 Å². The van der Waals surface area contributed by atoms with Gasteiger partial charge in [0, 0.05) is 0 Å². The SMILES string of the molecule is O=[SH](=O)c1cccc(P(c2ccccc2)c2ccccc2)c1.[NaH]. The van der Waals surface area contributed by atoms with Gasteiger partial charge in [-0.1, -0.05) is 72.8 Å². The van der Waals surface area contributed by atoms with Crippen molar-refractivity contribution in [3.63, 3.8) is 0 Å². The second-order valence-corrected chi connectivity index (χ2v) is 8.03. The van der Waals surface area contributed by atoms with Crippen molar-refractivity contribution in [3.05, 3.63) is 84.9 Å². The maximum absolute atomic E-state index is 11.3. The van der Waals surface area contributed by atoms with Crippen LogP contribution in [-0.4, -0.2) is 38.0 Å². The second-order valence-electron chi connectivity index (χ2n) is 4.78. The van der Waals surface area contributed by atoms with Gasteiger partial charge in [-0.3, -0.25) is 0 Å². The first-order valence-electron chi connectivity index (χ1n) is 6.90. The molecule has 0 aromatic heterocycles. The van der Waals surface area contributed by atoms with Gasteiger partial charge in [-0.2, -0.15) is 0 Å². The summed E-state index contributed by atoms with van der Waals surface area (Å²) in [5.41, 5.74) is 0. The fourth-order valence-corrected chi connectivity index (χ4v) is 5.24. The van der Waals surface area contributed by atoms with Crippen molar-refractivity contribution < 1.29 is 8.42 Å². The van der Waals surface area contributed by atoms with Crippen LogP contribution in [0, 0.1) is 0 Å². The summed E-state index contributed by atoms with van der Waals surface area (Å²) in [5, 5.41) is 3.47. The minimum absolute atomic E-state index is 0. The molecule has 5 heteroatoms. The van der Waals surface area contributed by atoms with E-state index in [4.69, 9.17) is 0 Å². The summed E-state index contributed by atoms with van der Waals surface area (Å²) in [5.74, 6) is 0. The van der Waals surface area contributed by atoms with Gasteiger partial charge in [-0.05, 0) is 36.0 Å². The van der Waals surface area contributed by atoms with E-state index in [1.165, 1.54) is 10.6 Å². The standard InChI is InChI=1S/C18H15O2PS.Na.H/c19-22(20)18-13-7-12-17(14-18)21(15-8-3-1-4-9-15)16-10-5-2-6-11-16;;/h1-14,22H;;. The topological polar surface area (TPSA) is 34.1 Å². The van der Waals surface area contributed by atoms with Gasteiger partial charge in [0.25, 0.3) is 0 Å². The van der Waals surface area contributed by atoms with Gasteiger partial charge in [0.05, 0.1) is 4.90 Å². The zero-order valence-corrected chi connectivity index (χ0v) is 13.6. The number of rotatable bonds is 4. The molecule has 23 heavy (non-hydrogen) atoms. The Morgan fingerprint density at radius 3 is 1.57 bits per heavy atom. The second kappa shape index (κ2) is 8.77. The Morgan fingerprint density at radius 2 is 1.09 bits per heavy atom. The maximum atomic E-state index is 11.3. The van der Waals surface area contributed by atoms with E-state index in [1.807, 2.05) is 48.5 Å². The van der Waals surface area contributed by atoms with Crippen LogP contribution in [-0.2, 0) is 10.7 Å². The van der Waals surface area contributed by atoms with Gasteiger partial charge < -0.3 is 0 Å². The van der Waals surface area contributed by atoms with Crippen LogP contribution in [0.5, 0.6) is 0 Å². The van der Waals surface area contributed by atoms with Crippen molar-refractivity contribution >= 4 is 64.1 Å². The first-order chi connectivity index (χ1) is 10.8. The molecule has 0 heterocycles. The number of benzene rings is 3. The van der Waals surface area contributed by atoms with Crippen LogP contribution in [0.4, 0.5) is 0 Å². The summed E-state index contributed by atoms with van der Waals surface area (Å²) < 4.78 is 22.6. The Bertz CT molecular complexity index is 788. The normalized spacial score (nSPS) is 10.5. The average Bonchev–Trinajstić information content (AvgIpc) is 2.57. The third-order valence-electron chi connectivity index (χ3n) is 3.33. The monoisotopic (exact) mass is 350 g/mol. The van der Waals surface area contributed by atoms with Crippen molar-refractivity contribution in [2.24, 2.45) is 0 Å². The third-order valence-corrected chi connectivity index (χ3v) is 6.45. The number of thiol groups is 1. The van der Waals surface area contributed by atoms with Crippen LogP contribution < -0.4 is 15.9 Å². The molecule has 112 valence electrons. The molecule has 0 aliphatic carbocycles. The Kier molecular flexibility index (Phi) is 7.01. The van der Waals surface area contributed by atoms with E-state index < -0.39 is 18.6 Å². The van der Waals surface area contributed by atoms with Gasteiger partial charge >= 0.3 is 29.6 Å². The van der Waals surface area contributed by atoms with Crippen LogP contribution in [0.15, 0.2) is 89.8 Å². The van der Waals surface area contributed by atoms with Gasteiger partial charge in [0.2, 0.25) is 0 Å². The average molecular weight is 350 g/mol. The molecule has 0 bridgehead atoms. The van der Waals surface area contributed by atoms with Gasteiger partial charge in [-0.25, -0.2) is 8.42 Å². The Morgan fingerprint density at radius 1 is 0.609 bits per heavy atom. The van der Waals surface area contributed by atoms with E-state index in [0.717, 1.165) is 5.30 Å². The molecule has 0 atom stereocenters. The fraction of sp³-hybridized carbons (Fsp3) is 0. The Balaban J connectivity index is 0.00000192. The predicted molar refractivity (Wildman–Crippen MR) is 101 cm³/mol. The van der Waals surface area contributed by atoms with Gasteiger partial charge in [0.1, 0.15) is 0 Å². The first kappa shape index (κ1) is 18.4. The molecule has 3 rings (SSSR count). The van der Waals surface area contributed by atoms with Gasteiger partial charge in [-0.15, -0.1) is 0 Å². The molecule has 0 N–H and O–H groups in total. The van der Waals surface area contributed by atoms with Crippen molar-refractivity contribution in [1.82, 2.24) is 0 Å². The van der Waals surface area contributed by atoms with E-state index in [2.05, 4.69) is 24.3 Å². The van der Waals surface area contributed by atoms with E-state index in [1.54, 1.807) is 12.1 Å². The number of hydrogen-bond donors (Lipinski definition) is 1. The molecular weight excluding hydrogens is 334 g/mol. The van der Waals surface area contributed by atoms with Gasteiger partial charge in [0.15, 0.2) is 10.7 Å². The summed E-state index contributed by atoms with van der Waals surface area (Å²) in [4.78, 5) is 0.367. The molecule has 2 nitrogen and oxygen atoms in total. The molecule has 0 aliphatic rings. The molecule has 0 spiro atoms. The molecule has 0 radical (unpaired) electrons. The summed E-state index contributed by atoms with van der Waals surface area (Å²) in [7, 11) is -3.32. The van der Waals surface area contributed by atoms with E-state index in [-0.39, 0.29) is 29.6 Å². The van der Waals surface area contributed by atoms with Crippen LogP contribution >= 0.6 is 7.92 Å². The quantitative estimate of drug-likeness (QED) is 0.442. The Labute approximate surface area is 161 Å². The minimum atomic E-state index is -2.56. The summed E-state index contributed by atoms with van der Waals surface area (Å²) >= 11 is 0. The molecule has 0 saturated heterocycles. The zero-order chi connectivity index (χ0) is 15.4. The zero-order valence-electron chi connectivity index (χ0n) is 11.8. The Hall–Kier alpha value is -0.960. The molecule has 0 amide bonds. The van der Waals surface area contributed by atoms with E-state index >= 15 is 0 Å². The first-order valence-corrected chi connectivity index (χ1v) is 9.42. The van der Waals surface area contributed by atoms with Crippen LogP contribution in [0.2, 0.25) is 0 Å². The van der Waals surface area contributed by atoms with Crippen LogP contribution in [0.25, 0.3) is 0 Å². The third kappa shape index (κ3) is 4.53. The molecule has 3 aromatic rings. The molecule has 0 unspecified atom stereocenters. The molecule has 0 fully saturated rings. The summed E-state index contributed by atoms with van der Waals surface area (Å²) in [6, 6.07) is 27.7. The van der Waals surface area contributed by atoms with Crippen molar-refractivity contribution in [2.75, 3.05) is 0 Å². The van der Waals surface area contributed by atoms with Crippen LogP contribution in [0.1, 0.15) is 0 Å².